The number of ether oxygens (including phenoxy) is 2. The summed E-state index contributed by atoms with van der Waals surface area (Å²) in [5, 5.41) is 3.82. The van der Waals surface area contributed by atoms with Gasteiger partial charge in [0.25, 0.3) is 0 Å². The normalized spacial score (nSPS) is 13.7. The number of benzene rings is 1. The highest BCUT2D eigenvalue weighted by atomic mass is 79.9. The summed E-state index contributed by atoms with van der Waals surface area (Å²) in [4.78, 5) is 11.7. The van der Waals surface area contributed by atoms with Gasteiger partial charge in [-0.1, -0.05) is 15.9 Å². The number of hydrogen-bond donors (Lipinski definition) is 1. The molecule has 1 aromatic carbocycles. The van der Waals surface area contributed by atoms with Gasteiger partial charge in [0.2, 0.25) is 5.91 Å². The molecular formula is C14H18BrNO3. The van der Waals surface area contributed by atoms with E-state index in [1.807, 2.05) is 18.2 Å². The molecule has 1 amide bonds. The Bertz CT molecular complexity index is 437. The lowest BCUT2D eigenvalue weighted by Crippen LogP contribution is -2.11. The Hall–Kier alpha value is -1.23. The van der Waals surface area contributed by atoms with Crippen LogP contribution in [0.5, 0.6) is 11.5 Å². The highest BCUT2D eigenvalue weighted by Gasteiger charge is 2.11. The van der Waals surface area contributed by atoms with Crippen molar-refractivity contribution in [3.8, 4) is 11.5 Å². The number of rotatable bonds is 5. The molecule has 0 unspecified atom stereocenters. The summed E-state index contributed by atoms with van der Waals surface area (Å²) in [5.41, 5.74) is 0.757. The van der Waals surface area contributed by atoms with Gasteiger partial charge in [0.1, 0.15) is 0 Å². The summed E-state index contributed by atoms with van der Waals surface area (Å²) in [6.07, 6.45) is 3.32. The second kappa shape index (κ2) is 7.38. The average molecular weight is 328 g/mol. The van der Waals surface area contributed by atoms with E-state index in [1.54, 1.807) is 0 Å². The molecule has 0 atom stereocenters. The average Bonchev–Trinajstić information content (AvgIpc) is 2.63. The maximum Gasteiger partial charge on any atom is 0.224 e. The topological polar surface area (TPSA) is 47.6 Å². The number of hydrogen-bond acceptors (Lipinski definition) is 3. The smallest absolute Gasteiger partial charge is 0.224 e. The summed E-state index contributed by atoms with van der Waals surface area (Å²) < 4.78 is 11.1. The summed E-state index contributed by atoms with van der Waals surface area (Å²) in [7, 11) is 0. The van der Waals surface area contributed by atoms with E-state index < -0.39 is 0 Å². The molecule has 1 aliphatic heterocycles. The van der Waals surface area contributed by atoms with Crippen LogP contribution in [0, 0.1) is 0 Å². The van der Waals surface area contributed by atoms with Crippen molar-refractivity contribution in [1.29, 1.82) is 0 Å². The molecule has 5 heteroatoms. The maximum atomic E-state index is 11.7. The predicted molar refractivity (Wildman–Crippen MR) is 78.3 cm³/mol. The van der Waals surface area contributed by atoms with Gasteiger partial charge < -0.3 is 14.8 Å². The zero-order chi connectivity index (χ0) is 13.5. The fraction of sp³-hybridized carbons (Fsp3) is 0.500. The van der Waals surface area contributed by atoms with Gasteiger partial charge in [0.05, 0.1) is 13.2 Å². The summed E-state index contributed by atoms with van der Waals surface area (Å²) in [6, 6.07) is 5.51. The van der Waals surface area contributed by atoms with E-state index in [4.69, 9.17) is 9.47 Å². The molecule has 1 aliphatic rings. The number of anilines is 1. The quantitative estimate of drug-likeness (QED) is 0.666. The van der Waals surface area contributed by atoms with Gasteiger partial charge >= 0.3 is 0 Å². The molecule has 104 valence electrons. The van der Waals surface area contributed by atoms with E-state index >= 15 is 0 Å². The number of carbonyl (C=O) groups is 1. The van der Waals surface area contributed by atoms with Crippen LogP contribution in [0.4, 0.5) is 5.69 Å². The molecule has 1 N–H and O–H groups in total. The van der Waals surface area contributed by atoms with Crippen LogP contribution in [-0.2, 0) is 4.79 Å². The standard InChI is InChI=1S/C14H18BrNO3/c15-7-2-1-4-14(17)16-11-5-6-12-13(10-11)19-9-3-8-18-12/h5-6,10H,1-4,7-9H2,(H,16,17). The van der Waals surface area contributed by atoms with Crippen LogP contribution in [0.1, 0.15) is 25.7 Å². The third kappa shape index (κ3) is 4.42. The lowest BCUT2D eigenvalue weighted by molar-refractivity contribution is -0.116. The summed E-state index contributed by atoms with van der Waals surface area (Å²) >= 11 is 3.35. The minimum Gasteiger partial charge on any atom is -0.490 e. The first kappa shape index (κ1) is 14.2. The molecule has 0 saturated heterocycles. The molecule has 1 aromatic rings. The van der Waals surface area contributed by atoms with Crippen molar-refractivity contribution in [2.45, 2.75) is 25.7 Å². The molecule has 2 rings (SSSR count). The van der Waals surface area contributed by atoms with E-state index in [2.05, 4.69) is 21.2 Å². The molecule has 0 aromatic heterocycles. The van der Waals surface area contributed by atoms with Gasteiger partial charge in [-0.25, -0.2) is 0 Å². The second-order valence-electron chi connectivity index (χ2n) is 4.41. The van der Waals surface area contributed by atoms with Gasteiger partial charge in [-0.2, -0.15) is 0 Å². The number of amides is 1. The zero-order valence-electron chi connectivity index (χ0n) is 10.8. The molecule has 0 spiro atoms. The maximum absolute atomic E-state index is 11.7. The third-order valence-corrected chi connectivity index (χ3v) is 3.38. The van der Waals surface area contributed by atoms with Crippen LogP contribution in [0.15, 0.2) is 18.2 Å². The summed E-state index contributed by atoms with van der Waals surface area (Å²) in [5.74, 6) is 1.49. The van der Waals surface area contributed by atoms with Crippen molar-refractivity contribution in [3.05, 3.63) is 18.2 Å². The van der Waals surface area contributed by atoms with Crippen LogP contribution in [0.2, 0.25) is 0 Å². The van der Waals surface area contributed by atoms with Crippen LogP contribution in [0.3, 0.4) is 0 Å². The summed E-state index contributed by atoms with van der Waals surface area (Å²) in [6.45, 7) is 1.32. The van der Waals surface area contributed by atoms with Gasteiger partial charge in [0, 0.05) is 29.9 Å². The molecule has 0 bridgehead atoms. The molecule has 0 fully saturated rings. The highest BCUT2D eigenvalue weighted by Crippen LogP contribution is 2.32. The molecule has 1 heterocycles. The molecule has 4 nitrogen and oxygen atoms in total. The predicted octanol–water partition coefficient (Wildman–Crippen LogP) is 3.35. The SMILES string of the molecule is O=C(CCCCBr)Nc1ccc2c(c1)OCCCO2. The highest BCUT2D eigenvalue weighted by molar-refractivity contribution is 9.09. The van der Waals surface area contributed by atoms with E-state index in [-0.39, 0.29) is 5.91 Å². The second-order valence-corrected chi connectivity index (χ2v) is 5.20. The molecule has 0 saturated carbocycles. The van der Waals surface area contributed by atoms with Crippen molar-refractivity contribution in [3.63, 3.8) is 0 Å². The lowest BCUT2D eigenvalue weighted by atomic mass is 10.2. The number of carbonyl (C=O) groups excluding carboxylic acids is 1. The minimum atomic E-state index is 0.0374. The number of alkyl halides is 1. The van der Waals surface area contributed by atoms with Crippen molar-refractivity contribution >= 4 is 27.5 Å². The Morgan fingerprint density at radius 1 is 1.21 bits per heavy atom. The first-order chi connectivity index (χ1) is 9.29. The van der Waals surface area contributed by atoms with E-state index in [0.717, 1.165) is 36.0 Å². The monoisotopic (exact) mass is 327 g/mol. The van der Waals surface area contributed by atoms with Crippen molar-refractivity contribution in [1.82, 2.24) is 0 Å². The lowest BCUT2D eigenvalue weighted by Gasteiger charge is -2.10. The van der Waals surface area contributed by atoms with Crippen molar-refractivity contribution < 1.29 is 14.3 Å². The molecule has 0 aliphatic carbocycles. The van der Waals surface area contributed by atoms with Crippen LogP contribution >= 0.6 is 15.9 Å². The Morgan fingerprint density at radius 2 is 2.00 bits per heavy atom. The first-order valence-corrected chi connectivity index (χ1v) is 7.67. The fourth-order valence-corrected chi connectivity index (χ4v) is 2.24. The largest absolute Gasteiger partial charge is 0.490 e. The number of halogens is 1. The first-order valence-electron chi connectivity index (χ1n) is 6.55. The Morgan fingerprint density at radius 3 is 2.79 bits per heavy atom. The Balaban J connectivity index is 1.94. The van der Waals surface area contributed by atoms with Gasteiger partial charge in [-0.3, -0.25) is 4.79 Å². The van der Waals surface area contributed by atoms with E-state index in [9.17, 15) is 4.79 Å². The van der Waals surface area contributed by atoms with Crippen LogP contribution in [-0.4, -0.2) is 24.5 Å². The van der Waals surface area contributed by atoms with Crippen LogP contribution in [0.25, 0.3) is 0 Å². The van der Waals surface area contributed by atoms with Crippen LogP contribution < -0.4 is 14.8 Å². The van der Waals surface area contributed by atoms with E-state index in [0.29, 0.717) is 25.4 Å². The Kier molecular flexibility index (Phi) is 5.51. The minimum absolute atomic E-state index is 0.0374. The number of fused-ring (bicyclic) bond motifs is 1. The molecule has 19 heavy (non-hydrogen) atoms. The zero-order valence-corrected chi connectivity index (χ0v) is 12.4. The van der Waals surface area contributed by atoms with Crippen molar-refractivity contribution in [2.24, 2.45) is 0 Å². The third-order valence-electron chi connectivity index (χ3n) is 2.82. The van der Waals surface area contributed by atoms with Crippen molar-refractivity contribution in [2.75, 3.05) is 23.9 Å². The molecular weight excluding hydrogens is 310 g/mol. The van der Waals surface area contributed by atoms with Gasteiger partial charge in [0.15, 0.2) is 11.5 Å². The number of unbranched alkanes of at least 4 members (excludes halogenated alkanes) is 1. The Labute approximate surface area is 121 Å². The fourth-order valence-electron chi connectivity index (χ4n) is 1.84. The van der Waals surface area contributed by atoms with Gasteiger partial charge in [-0.05, 0) is 25.0 Å². The van der Waals surface area contributed by atoms with E-state index in [1.165, 1.54) is 0 Å². The number of nitrogens with one attached hydrogen (secondary N) is 1. The molecule has 0 radical (unpaired) electrons. The van der Waals surface area contributed by atoms with Gasteiger partial charge in [-0.15, -0.1) is 0 Å².